The first-order valence-electron chi connectivity index (χ1n) is 7.72. The molecule has 0 amide bonds. The molecule has 0 aromatic heterocycles. The van der Waals surface area contributed by atoms with E-state index >= 15 is 0 Å². The Kier molecular flexibility index (Phi) is 14.2. The monoisotopic (exact) mass is 266 g/mol. The highest BCUT2D eigenvalue weighted by atomic mass is 16.5. The maximum Gasteiger partial charge on any atom is 0.302 e. The van der Waals surface area contributed by atoms with Crippen LogP contribution in [0.2, 0.25) is 0 Å². The van der Waals surface area contributed by atoms with Crippen LogP contribution in [0.3, 0.4) is 0 Å². The van der Waals surface area contributed by atoms with Gasteiger partial charge in [-0.25, -0.2) is 0 Å². The van der Waals surface area contributed by atoms with Crippen LogP contribution in [0, 0.1) is 0 Å². The molecule has 19 heavy (non-hydrogen) atoms. The van der Waals surface area contributed by atoms with Crippen molar-refractivity contribution in [1.82, 2.24) is 0 Å². The topological polar surface area (TPSA) is 26.3 Å². The second-order valence-electron chi connectivity index (χ2n) is 4.90. The molecule has 2 heteroatoms. The molecule has 0 fully saturated rings. The van der Waals surface area contributed by atoms with Crippen molar-refractivity contribution in [2.75, 3.05) is 6.61 Å². The molecule has 2 nitrogen and oxygen atoms in total. The van der Waals surface area contributed by atoms with Gasteiger partial charge in [0.15, 0.2) is 0 Å². The molecule has 0 aliphatic heterocycles. The quantitative estimate of drug-likeness (QED) is 0.276. The first-order valence-corrected chi connectivity index (χ1v) is 7.72. The lowest BCUT2D eigenvalue weighted by Crippen LogP contribution is -1.99. The largest absolute Gasteiger partial charge is 0.466 e. The van der Waals surface area contributed by atoms with E-state index in [1.54, 1.807) is 0 Å². The van der Waals surface area contributed by atoms with Gasteiger partial charge in [0.2, 0.25) is 0 Å². The predicted molar refractivity (Wildman–Crippen MR) is 82.1 cm³/mol. The molecule has 0 N–H and O–H groups in total. The highest BCUT2D eigenvalue weighted by Crippen LogP contribution is 2.06. The Morgan fingerprint density at radius 3 is 2.11 bits per heavy atom. The van der Waals surface area contributed by atoms with E-state index in [0.29, 0.717) is 6.61 Å². The summed E-state index contributed by atoms with van der Waals surface area (Å²) < 4.78 is 4.88. The molecular formula is C17H30O2. The number of ether oxygens (including phenoxy) is 1. The number of esters is 1. The Balaban J connectivity index is 3.15. The standard InChI is InChI=1S/C17H30O2/c1-3-4-5-6-7-8-9-10-11-12-13-14-15-16-19-17(2)18/h6-9H,3-5,10-16H2,1-2H3/b7-6-,9-8-. The second kappa shape index (κ2) is 15.0. The van der Waals surface area contributed by atoms with Gasteiger partial charge in [-0.1, -0.05) is 63.3 Å². The zero-order valence-corrected chi connectivity index (χ0v) is 12.7. The number of rotatable bonds is 12. The Bertz CT molecular complexity index is 254. The van der Waals surface area contributed by atoms with Crippen molar-refractivity contribution >= 4 is 5.97 Å². The van der Waals surface area contributed by atoms with E-state index < -0.39 is 0 Å². The smallest absolute Gasteiger partial charge is 0.302 e. The summed E-state index contributed by atoms with van der Waals surface area (Å²) in [6, 6.07) is 0. The molecule has 0 bridgehead atoms. The van der Waals surface area contributed by atoms with Crippen molar-refractivity contribution in [3.8, 4) is 0 Å². The van der Waals surface area contributed by atoms with Gasteiger partial charge in [-0.05, 0) is 25.7 Å². The lowest BCUT2D eigenvalue weighted by molar-refractivity contribution is -0.141. The van der Waals surface area contributed by atoms with Crippen molar-refractivity contribution in [2.24, 2.45) is 0 Å². The normalized spacial score (nSPS) is 11.5. The first kappa shape index (κ1) is 17.9. The molecule has 0 rings (SSSR count). The average molecular weight is 266 g/mol. The minimum absolute atomic E-state index is 0.169. The van der Waals surface area contributed by atoms with E-state index in [1.807, 2.05) is 0 Å². The number of hydrogen-bond donors (Lipinski definition) is 0. The SMILES string of the molecule is CCCC/C=C\C=C/CCCCCCCOC(C)=O. The molecule has 0 spiro atoms. The fourth-order valence-electron chi connectivity index (χ4n) is 1.78. The minimum atomic E-state index is -0.169. The molecule has 0 aromatic rings. The zero-order chi connectivity index (χ0) is 14.2. The van der Waals surface area contributed by atoms with Crippen LogP contribution in [-0.4, -0.2) is 12.6 Å². The number of unbranched alkanes of at least 4 members (excludes halogenated alkanes) is 7. The maximum atomic E-state index is 10.5. The van der Waals surface area contributed by atoms with E-state index in [0.717, 1.165) is 12.8 Å². The molecule has 0 unspecified atom stereocenters. The molecule has 0 aliphatic carbocycles. The fourth-order valence-corrected chi connectivity index (χ4v) is 1.78. The zero-order valence-electron chi connectivity index (χ0n) is 12.7. The highest BCUT2D eigenvalue weighted by Gasteiger charge is 1.93. The Morgan fingerprint density at radius 2 is 1.47 bits per heavy atom. The van der Waals surface area contributed by atoms with Gasteiger partial charge in [0.05, 0.1) is 6.61 Å². The lowest BCUT2D eigenvalue weighted by Gasteiger charge is -2.01. The molecule has 0 atom stereocenters. The summed E-state index contributed by atoms with van der Waals surface area (Å²) >= 11 is 0. The molecule has 0 saturated carbocycles. The summed E-state index contributed by atoms with van der Waals surface area (Å²) in [5.41, 5.74) is 0. The third-order valence-corrected chi connectivity index (χ3v) is 2.93. The van der Waals surface area contributed by atoms with Crippen LogP contribution in [-0.2, 0) is 9.53 Å². The van der Waals surface area contributed by atoms with Crippen LogP contribution in [0.4, 0.5) is 0 Å². The van der Waals surface area contributed by atoms with Gasteiger partial charge >= 0.3 is 5.97 Å². The molecule has 0 heterocycles. The van der Waals surface area contributed by atoms with Gasteiger partial charge in [-0.15, -0.1) is 0 Å². The van der Waals surface area contributed by atoms with Crippen molar-refractivity contribution in [1.29, 1.82) is 0 Å². The van der Waals surface area contributed by atoms with Crippen molar-refractivity contribution in [3.05, 3.63) is 24.3 Å². The summed E-state index contributed by atoms with van der Waals surface area (Å²) in [5, 5.41) is 0. The van der Waals surface area contributed by atoms with Crippen LogP contribution in [0.15, 0.2) is 24.3 Å². The Labute approximate surface area is 118 Å². The van der Waals surface area contributed by atoms with Crippen molar-refractivity contribution < 1.29 is 9.53 Å². The van der Waals surface area contributed by atoms with E-state index in [2.05, 4.69) is 31.2 Å². The van der Waals surface area contributed by atoms with Gasteiger partial charge in [0, 0.05) is 6.92 Å². The second-order valence-corrected chi connectivity index (χ2v) is 4.90. The highest BCUT2D eigenvalue weighted by molar-refractivity contribution is 5.65. The van der Waals surface area contributed by atoms with Gasteiger partial charge in [0.1, 0.15) is 0 Å². The Hall–Kier alpha value is -1.05. The van der Waals surface area contributed by atoms with Crippen LogP contribution in [0.5, 0.6) is 0 Å². The van der Waals surface area contributed by atoms with Crippen molar-refractivity contribution in [3.63, 3.8) is 0 Å². The van der Waals surface area contributed by atoms with E-state index in [-0.39, 0.29) is 5.97 Å². The van der Waals surface area contributed by atoms with Crippen LogP contribution >= 0.6 is 0 Å². The number of carbonyl (C=O) groups is 1. The van der Waals surface area contributed by atoms with Crippen LogP contribution in [0.25, 0.3) is 0 Å². The molecular weight excluding hydrogens is 236 g/mol. The van der Waals surface area contributed by atoms with Gasteiger partial charge in [-0.3, -0.25) is 4.79 Å². The fraction of sp³-hybridized carbons (Fsp3) is 0.706. The van der Waals surface area contributed by atoms with Crippen LogP contribution in [0.1, 0.15) is 71.6 Å². The van der Waals surface area contributed by atoms with E-state index in [9.17, 15) is 4.79 Å². The lowest BCUT2D eigenvalue weighted by atomic mass is 10.1. The molecule has 110 valence electrons. The summed E-state index contributed by atoms with van der Waals surface area (Å²) in [4.78, 5) is 10.5. The average Bonchev–Trinajstić information content (AvgIpc) is 2.39. The Morgan fingerprint density at radius 1 is 0.895 bits per heavy atom. The summed E-state index contributed by atoms with van der Waals surface area (Å²) in [7, 11) is 0. The maximum absolute atomic E-state index is 10.5. The van der Waals surface area contributed by atoms with E-state index in [1.165, 1.54) is 51.9 Å². The first-order chi connectivity index (χ1) is 9.27. The number of carbonyl (C=O) groups excluding carboxylic acids is 1. The van der Waals surface area contributed by atoms with Gasteiger partial charge in [-0.2, -0.15) is 0 Å². The van der Waals surface area contributed by atoms with Crippen molar-refractivity contribution in [2.45, 2.75) is 71.6 Å². The number of allylic oxidation sites excluding steroid dienone is 4. The molecule has 0 saturated heterocycles. The van der Waals surface area contributed by atoms with Gasteiger partial charge < -0.3 is 4.74 Å². The van der Waals surface area contributed by atoms with Gasteiger partial charge in [0.25, 0.3) is 0 Å². The summed E-state index contributed by atoms with van der Waals surface area (Å²) in [6.45, 7) is 4.26. The third kappa shape index (κ3) is 16.9. The third-order valence-electron chi connectivity index (χ3n) is 2.93. The molecule has 0 aliphatic rings. The van der Waals surface area contributed by atoms with Crippen LogP contribution < -0.4 is 0 Å². The molecule has 0 aromatic carbocycles. The minimum Gasteiger partial charge on any atom is -0.466 e. The molecule has 0 radical (unpaired) electrons. The van der Waals surface area contributed by atoms with E-state index in [4.69, 9.17) is 4.74 Å². The predicted octanol–water partition coefficient (Wildman–Crippen LogP) is 5.19. The summed E-state index contributed by atoms with van der Waals surface area (Å²) in [5.74, 6) is -0.169. The summed E-state index contributed by atoms with van der Waals surface area (Å²) in [6.07, 6.45) is 19.7. The number of hydrogen-bond acceptors (Lipinski definition) is 2.